The van der Waals surface area contributed by atoms with Crippen LogP contribution in [0.4, 0.5) is 0 Å². The number of nitrogens with one attached hydrogen (secondary N) is 1. The first-order valence-corrected chi connectivity index (χ1v) is 5.50. The van der Waals surface area contributed by atoms with Crippen molar-refractivity contribution in [1.29, 1.82) is 0 Å². The van der Waals surface area contributed by atoms with Crippen LogP contribution in [0.2, 0.25) is 0 Å². The lowest BCUT2D eigenvalue weighted by Gasteiger charge is -2.18. The van der Waals surface area contributed by atoms with Crippen LogP contribution in [0.3, 0.4) is 0 Å². The number of ether oxygens (including phenoxy) is 1. The SMILES string of the molecule is COc1ccnc(C(=O)NC(C)C(C)CO)c1. The Morgan fingerprint density at radius 2 is 2.29 bits per heavy atom. The van der Waals surface area contributed by atoms with Crippen molar-refractivity contribution in [1.82, 2.24) is 10.3 Å². The number of aromatic nitrogens is 1. The van der Waals surface area contributed by atoms with Gasteiger partial charge < -0.3 is 15.2 Å². The summed E-state index contributed by atoms with van der Waals surface area (Å²) in [7, 11) is 1.54. The summed E-state index contributed by atoms with van der Waals surface area (Å²) < 4.78 is 5.02. The molecule has 2 unspecified atom stereocenters. The van der Waals surface area contributed by atoms with E-state index in [1.54, 1.807) is 12.1 Å². The summed E-state index contributed by atoms with van der Waals surface area (Å²) in [5.41, 5.74) is 0.307. The number of nitrogens with zero attached hydrogens (tertiary/aromatic N) is 1. The highest BCUT2D eigenvalue weighted by molar-refractivity contribution is 5.92. The molecule has 5 nitrogen and oxygen atoms in total. The molecule has 0 aliphatic rings. The number of hydrogen-bond donors (Lipinski definition) is 2. The van der Waals surface area contributed by atoms with E-state index < -0.39 is 0 Å². The van der Waals surface area contributed by atoms with Gasteiger partial charge in [-0.2, -0.15) is 0 Å². The Kier molecular flexibility index (Phi) is 4.90. The Hall–Kier alpha value is -1.62. The van der Waals surface area contributed by atoms with Gasteiger partial charge in [-0.3, -0.25) is 9.78 Å². The minimum Gasteiger partial charge on any atom is -0.497 e. The van der Waals surface area contributed by atoms with Crippen molar-refractivity contribution in [2.75, 3.05) is 13.7 Å². The van der Waals surface area contributed by atoms with E-state index in [0.29, 0.717) is 11.4 Å². The molecule has 17 heavy (non-hydrogen) atoms. The molecule has 0 aliphatic carbocycles. The molecule has 0 spiro atoms. The Morgan fingerprint density at radius 3 is 2.88 bits per heavy atom. The van der Waals surface area contributed by atoms with Crippen molar-refractivity contribution < 1.29 is 14.6 Å². The average Bonchev–Trinajstić information content (AvgIpc) is 2.37. The molecule has 1 heterocycles. The van der Waals surface area contributed by atoms with Crippen LogP contribution in [-0.2, 0) is 0 Å². The van der Waals surface area contributed by atoms with Gasteiger partial charge in [-0.1, -0.05) is 6.92 Å². The van der Waals surface area contributed by atoms with Crippen LogP contribution in [0.5, 0.6) is 5.75 Å². The molecule has 0 radical (unpaired) electrons. The second-order valence-corrected chi connectivity index (χ2v) is 4.00. The van der Waals surface area contributed by atoms with E-state index in [2.05, 4.69) is 10.3 Å². The fourth-order valence-electron chi connectivity index (χ4n) is 1.24. The lowest BCUT2D eigenvalue weighted by molar-refractivity contribution is 0.0911. The topological polar surface area (TPSA) is 71.5 Å². The van der Waals surface area contributed by atoms with Crippen LogP contribution >= 0.6 is 0 Å². The highest BCUT2D eigenvalue weighted by Crippen LogP contribution is 2.10. The van der Waals surface area contributed by atoms with Crippen LogP contribution in [-0.4, -0.2) is 35.8 Å². The van der Waals surface area contributed by atoms with Gasteiger partial charge in [-0.05, 0) is 18.9 Å². The van der Waals surface area contributed by atoms with E-state index >= 15 is 0 Å². The summed E-state index contributed by atoms with van der Waals surface area (Å²) in [6, 6.07) is 3.14. The third kappa shape index (κ3) is 3.71. The summed E-state index contributed by atoms with van der Waals surface area (Å²) in [4.78, 5) is 15.8. The normalized spacial score (nSPS) is 13.9. The molecule has 1 aromatic heterocycles. The van der Waals surface area contributed by atoms with Crippen LogP contribution in [0.25, 0.3) is 0 Å². The molecule has 2 N–H and O–H groups in total. The number of hydrogen-bond acceptors (Lipinski definition) is 4. The maximum absolute atomic E-state index is 11.8. The summed E-state index contributed by atoms with van der Waals surface area (Å²) >= 11 is 0. The fourth-order valence-corrected chi connectivity index (χ4v) is 1.24. The molecule has 0 saturated carbocycles. The molecule has 0 saturated heterocycles. The Balaban J connectivity index is 2.69. The second-order valence-electron chi connectivity index (χ2n) is 4.00. The summed E-state index contributed by atoms with van der Waals surface area (Å²) in [6.45, 7) is 3.75. The average molecular weight is 238 g/mol. The number of rotatable bonds is 5. The standard InChI is InChI=1S/C12H18N2O3/c1-8(7-15)9(2)14-12(16)11-6-10(17-3)4-5-13-11/h4-6,8-9,15H,7H2,1-3H3,(H,14,16). The molecule has 5 heteroatoms. The van der Waals surface area contributed by atoms with Gasteiger partial charge in [-0.15, -0.1) is 0 Å². The first kappa shape index (κ1) is 13.4. The molecule has 0 aliphatic heterocycles. The van der Waals surface area contributed by atoms with Crippen LogP contribution < -0.4 is 10.1 Å². The zero-order valence-electron chi connectivity index (χ0n) is 10.3. The van der Waals surface area contributed by atoms with Gasteiger partial charge >= 0.3 is 0 Å². The van der Waals surface area contributed by atoms with E-state index in [0.717, 1.165) is 0 Å². The fraction of sp³-hybridized carbons (Fsp3) is 0.500. The molecule has 0 bridgehead atoms. The molecule has 94 valence electrons. The first-order chi connectivity index (χ1) is 8.08. The van der Waals surface area contributed by atoms with Gasteiger partial charge in [0.05, 0.1) is 7.11 Å². The predicted octanol–water partition coefficient (Wildman–Crippen LogP) is 0.837. The quantitative estimate of drug-likeness (QED) is 0.797. The number of pyridine rings is 1. The van der Waals surface area contributed by atoms with Gasteiger partial charge in [0.25, 0.3) is 5.91 Å². The lowest BCUT2D eigenvalue weighted by atomic mass is 10.1. The van der Waals surface area contributed by atoms with E-state index in [9.17, 15) is 4.79 Å². The molecular weight excluding hydrogens is 220 g/mol. The maximum atomic E-state index is 11.8. The lowest BCUT2D eigenvalue weighted by Crippen LogP contribution is -2.38. The van der Waals surface area contributed by atoms with Gasteiger partial charge in [-0.25, -0.2) is 0 Å². The molecule has 1 aromatic rings. The van der Waals surface area contributed by atoms with Crippen LogP contribution in [0.15, 0.2) is 18.3 Å². The maximum Gasteiger partial charge on any atom is 0.270 e. The number of carbonyl (C=O) groups excluding carboxylic acids is 1. The molecule has 0 fully saturated rings. The van der Waals surface area contributed by atoms with Crippen molar-refractivity contribution in [2.45, 2.75) is 19.9 Å². The molecule has 0 aromatic carbocycles. The van der Waals surface area contributed by atoms with Gasteiger partial charge in [0.1, 0.15) is 11.4 Å². The minimum atomic E-state index is -0.267. The van der Waals surface area contributed by atoms with Gasteiger partial charge in [0.15, 0.2) is 0 Å². The van der Waals surface area contributed by atoms with Crippen LogP contribution in [0, 0.1) is 5.92 Å². The van der Waals surface area contributed by atoms with E-state index in [4.69, 9.17) is 9.84 Å². The van der Waals surface area contributed by atoms with E-state index in [1.165, 1.54) is 13.3 Å². The van der Waals surface area contributed by atoms with Crippen molar-refractivity contribution in [3.05, 3.63) is 24.0 Å². The molecular formula is C12H18N2O3. The smallest absolute Gasteiger partial charge is 0.270 e. The Labute approximate surface area is 101 Å². The highest BCUT2D eigenvalue weighted by atomic mass is 16.5. The van der Waals surface area contributed by atoms with Crippen LogP contribution in [0.1, 0.15) is 24.3 Å². The summed E-state index contributed by atoms with van der Waals surface area (Å²) in [5.74, 6) is 0.328. The van der Waals surface area contributed by atoms with Gasteiger partial charge in [0, 0.05) is 24.9 Å². The Bertz CT molecular complexity index is 382. The number of carbonyl (C=O) groups is 1. The van der Waals surface area contributed by atoms with Crippen molar-refractivity contribution in [2.24, 2.45) is 5.92 Å². The second kappa shape index (κ2) is 6.20. The minimum absolute atomic E-state index is 0.00422. The zero-order chi connectivity index (χ0) is 12.8. The third-order valence-electron chi connectivity index (χ3n) is 2.70. The predicted molar refractivity (Wildman–Crippen MR) is 64.0 cm³/mol. The molecule has 2 atom stereocenters. The summed E-state index contributed by atoms with van der Waals surface area (Å²) in [6.07, 6.45) is 1.52. The zero-order valence-corrected chi connectivity index (χ0v) is 10.3. The van der Waals surface area contributed by atoms with Crippen molar-refractivity contribution >= 4 is 5.91 Å². The summed E-state index contributed by atoms with van der Waals surface area (Å²) in [5, 5.41) is 11.8. The van der Waals surface area contributed by atoms with E-state index in [1.807, 2.05) is 13.8 Å². The Morgan fingerprint density at radius 1 is 1.59 bits per heavy atom. The number of aliphatic hydroxyl groups excluding tert-OH is 1. The van der Waals surface area contributed by atoms with E-state index in [-0.39, 0.29) is 24.5 Å². The largest absolute Gasteiger partial charge is 0.497 e. The number of methoxy groups -OCH3 is 1. The molecule has 1 rings (SSSR count). The third-order valence-corrected chi connectivity index (χ3v) is 2.70. The van der Waals surface area contributed by atoms with Crippen molar-refractivity contribution in [3.63, 3.8) is 0 Å². The number of amides is 1. The first-order valence-electron chi connectivity index (χ1n) is 5.50. The van der Waals surface area contributed by atoms with Crippen molar-refractivity contribution in [3.8, 4) is 5.75 Å². The van der Waals surface area contributed by atoms with Gasteiger partial charge in [0.2, 0.25) is 0 Å². The number of aliphatic hydroxyl groups is 1. The monoisotopic (exact) mass is 238 g/mol. The molecule has 1 amide bonds. The highest BCUT2D eigenvalue weighted by Gasteiger charge is 2.16.